The van der Waals surface area contributed by atoms with Crippen molar-refractivity contribution in [2.45, 2.75) is 25.9 Å². The third-order valence-electron chi connectivity index (χ3n) is 4.41. The summed E-state index contributed by atoms with van der Waals surface area (Å²) in [5.74, 6) is 0.780. The number of pyridine rings is 1. The molecule has 0 aliphatic carbocycles. The topological polar surface area (TPSA) is 67.4 Å². The van der Waals surface area contributed by atoms with E-state index in [1.54, 1.807) is 23.7 Å². The van der Waals surface area contributed by atoms with Crippen molar-refractivity contribution in [3.8, 4) is 5.75 Å². The lowest BCUT2D eigenvalue weighted by atomic mass is 10.1. The standard InChI is InChI=1S/C19H20N4O2S/c1-13-21-17-11-14(4-5-18(17)26-13)22-19(24)23-9-6-15(7-10-23)25-16-3-2-8-20-12-16/h2-5,8,11-12,15H,6-7,9-10H2,1H3,(H,22,24). The molecule has 0 bridgehead atoms. The summed E-state index contributed by atoms with van der Waals surface area (Å²) in [6.07, 6.45) is 5.19. The number of amides is 2. The largest absolute Gasteiger partial charge is 0.489 e. The molecule has 1 fully saturated rings. The van der Waals surface area contributed by atoms with E-state index in [9.17, 15) is 4.79 Å². The first-order valence-corrected chi connectivity index (χ1v) is 9.49. The van der Waals surface area contributed by atoms with Crippen LogP contribution in [0.4, 0.5) is 10.5 Å². The molecule has 26 heavy (non-hydrogen) atoms. The van der Waals surface area contributed by atoms with Crippen molar-refractivity contribution in [1.82, 2.24) is 14.9 Å². The number of carbonyl (C=O) groups is 1. The first-order valence-electron chi connectivity index (χ1n) is 8.67. The highest BCUT2D eigenvalue weighted by molar-refractivity contribution is 7.18. The second kappa shape index (κ2) is 7.29. The van der Waals surface area contributed by atoms with Gasteiger partial charge in [0.05, 0.1) is 21.4 Å². The number of aromatic nitrogens is 2. The highest BCUT2D eigenvalue weighted by atomic mass is 32.1. The molecule has 0 atom stereocenters. The monoisotopic (exact) mass is 368 g/mol. The average Bonchev–Trinajstić information content (AvgIpc) is 3.02. The number of rotatable bonds is 3. The molecule has 6 nitrogen and oxygen atoms in total. The van der Waals surface area contributed by atoms with Gasteiger partial charge in [0.2, 0.25) is 0 Å². The molecule has 1 N–H and O–H groups in total. The lowest BCUT2D eigenvalue weighted by Crippen LogP contribution is -2.43. The van der Waals surface area contributed by atoms with E-state index in [-0.39, 0.29) is 12.1 Å². The van der Waals surface area contributed by atoms with Crippen LogP contribution in [0.15, 0.2) is 42.7 Å². The second-order valence-corrected chi connectivity index (χ2v) is 7.57. The van der Waals surface area contributed by atoms with Crippen LogP contribution in [0.3, 0.4) is 0 Å². The summed E-state index contributed by atoms with van der Waals surface area (Å²) < 4.78 is 7.06. The van der Waals surface area contributed by atoms with Crippen LogP contribution >= 0.6 is 11.3 Å². The summed E-state index contributed by atoms with van der Waals surface area (Å²) in [4.78, 5) is 22.9. The molecule has 7 heteroatoms. The zero-order chi connectivity index (χ0) is 17.9. The van der Waals surface area contributed by atoms with Crippen molar-refractivity contribution in [3.63, 3.8) is 0 Å². The Labute approximate surface area is 155 Å². The van der Waals surface area contributed by atoms with E-state index in [1.165, 1.54) is 0 Å². The van der Waals surface area contributed by atoms with Gasteiger partial charge in [-0.3, -0.25) is 4.98 Å². The van der Waals surface area contributed by atoms with Crippen LogP contribution in [0.25, 0.3) is 10.2 Å². The number of nitrogens with one attached hydrogen (secondary N) is 1. The molecule has 0 unspecified atom stereocenters. The molecule has 0 saturated carbocycles. The first kappa shape index (κ1) is 16.8. The third kappa shape index (κ3) is 3.77. The van der Waals surface area contributed by atoms with E-state index in [2.05, 4.69) is 15.3 Å². The van der Waals surface area contributed by atoms with Gasteiger partial charge in [-0.15, -0.1) is 11.3 Å². The minimum absolute atomic E-state index is 0.0730. The molecule has 1 aromatic carbocycles. The Morgan fingerprint density at radius 3 is 2.92 bits per heavy atom. The smallest absolute Gasteiger partial charge is 0.321 e. The normalized spacial score (nSPS) is 15.2. The average molecular weight is 368 g/mol. The number of anilines is 1. The van der Waals surface area contributed by atoms with Crippen molar-refractivity contribution in [3.05, 3.63) is 47.7 Å². The number of hydrogen-bond donors (Lipinski definition) is 1. The summed E-state index contributed by atoms with van der Waals surface area (Å²) in [7, 11) is 0. The van der Waals surface area contributed by atoms with E-state index in [4.69, 9.17) is 4.74 Å². The quantitative estimate of drug-likeness (QED) is 0.756. The number of fused-ring (bicyclic) bond motifs is 1. The summed E-state index contributed by atoms with van der Waals surface area (Å²) in [5, 5.41) is 4.01. The number of thiazole rings is 1. The van der Waals surface area contributed by atoms with Gasteiger partial charge < -0.3 is 15.0 Å². The van der Waals surface area contributed by atoms with Gasteiger partial charge in [0.15, 0.2) is 0 Å². The molecule has 134 valence electrons. The lowest BCUT2D eigenvalue weighted by molar-refractivity contribution is 0.115. The van der Waals surface area contributed by atoms with Gasteiger partial charge in [-0.2, -0.15) is 0 Å². The maximum atomic E-state index is 12.5. The van der Waals surface area contributed by atoms with Crippen LogP contribution in [-0.4, -0.2) is 40.1 Å². The molecule has 1 aliphatic rings. The minimum Gasteiger partial charge on any atom is -0.489 e. The molecular weight excluding hydrogens is 348 g/mol. The highest BCUT2D eigenvalue weighted by Gasteiger charge is 2.24. The van der Waals surface area contributed by atoms with Crippen LogP contribution in [0, 0.1) is 6.92 Å². The Balaban J connectivity index is 1.32. The molecule has 0 radical (unpaired) electrons. The van der Waals surface area contributed by atoms with Crippen LogP contribution in [0.2, 0.25) is 0 Å². The van der Waals surface area contributed by atoms with Crippen molar-refractivity contribution in [1.29, 1.82) is 0 Å². The van der Waals surface area contributed by atoms with Gasteiger partial charge in [0, 0.05) is 37.8 Å². The Bertz CT molecular complexity index is 904. The number of carbonyl (C=O) groups excluding carboxylic acids is 1. The van der Waals surface area contributed by atoms with Crippen LogP contribution in [0.5, 0.6) is 5.75 Å². The van der Waals surface area contributed by atoms with Gasteiger partial charge in [-0.25, -0.2) is 9.78 Å². The van der Waals surface area contributed by atoms with Gasteiger partial charge in [-0.05, 0) is 37.3 Å². The van der Waals surface area contributed by atoms with Gasteiger partial charge in [0.25, 0.3) is 0 Å². The fraction of sp³-hybridized carbons (Fsp3) is 0.316. The Morgan fingerprint density at radius 1 is 1.31 bits per heavy atom. The minimum atomic E-state index is -0.0730. The van der Waals surface area contributed by atoms with Crippen LogP contribution in [-0.2, 0) is 0 Å². The number of nitrogens with zero attached hydrogens (tertiary/aromatic N) is 3. The SMILES string of the molecule is Cc1nc2cc(NC(=O)N3CCC(Oc4cccnc4)CC3)ccc2s1. The molecule has 1 saturated heterocycles. The molecule has 1 aliphatic heterocycles. The molecule has 4 rings (SSSR count). The number of ether oxygens (including phenoxy) is 1. The summed E-state index contributed by atoms with van der Waals surface area (Å²) in [6, 6.07) is 9.55. The molecule has 0 spiro atoms. The number of aryl methyl sites for hydroxylation is 1. The van der Waals surface area contributed by atoms with Crippen molar-refractivity contribution in [2.75, 3.05) is 18.4 Å². The third-order valence-corrected chi connectivity index (χ3v) is 5.36. The molecular formula is C19H20N4O2S. The number of hydrogen-bond acceptors (Lipinski definition) is 5. The van der Waals surface area contributed by atoms with Crippen LogP contribution in [0.1, 0.15) is 17.8 Å². The van der Waals surface area contributed by atoms with Crippen molar-refractivity contribution in [2.24, 2.45) is 0 Å². The number of piperidine rings is 1. The van der Waals surface area contributed by atoms with Gasteiger partial charge >= 0.3 is 6.03 Å². The van der Waals surface area contributed by atoms with Crippen molar-refractivity contribution >= 4 is 33.3 Å². The Kier molecular flexibility index (Phi) is 4.71. The van der Waals surface area contributed by atoms with Crippen molar-refractivity contribution < 1.29 is 9.53 Å². The summed E-state index contributed by atoms with van der Waals surface area (Å²) in [5.41, 5.74) is 1.70. The van der Waals surface area contributed by atoms with Gasteiger partial charge in [0.1, 0.15) is 11.9 Å². The fourth-order valence-corrected chi connectivity index (χ4v) is 3.92. The maximum Gasteiger partial charge on any atom is 0.321 e. The van der Waals surface area contributed by atoms with E-state index >= 15 is 0 Å². The Morgan fingerprint density at radius 2 is 2.15 bits per heavy atom. The predicted molar refractivity (Wildman–Crippen MR) is 103 cm³/mol. The zero-order valence-corrected chi connectivity index (χ0v) is 15.3. The van der Waals surface area contributed by atoms with E-state index in [1.807, 2.05) is 42.2 Å². The lowest BCUT2D eigenvalue weighted by Gasteiger charge is -2.32. The van der Waals surface area contributed by atoms with Crippen LogP contribution < -0.4 is 10.1 Å². The molecule has 2 amide bonds. The first-order chi connectivity index (χ1) is 12.7. The number of benzene rings is 1. The second-order valence-electron chi connectivity index (χ2n) is 6.34. The summed E-state index contributed by atoms with van der Waals surface area (Å²) >= 11 is 1.66. The maximum absolute atomic E-state index is 12.5. The summed E-state index contributed by atoms with van der Waals surface area (Å²) in [6.45, 7) is 3.34. The highest BCUT2D eigenvalue weighted by Crippen LogP contribution is 2.25. The van der Waals surface area contributed by atoms with E-state index in [0.717, 1.165) is 39.5 Å². The predicted octanol–water partition coefficient (Wildman–Crippen LogP) is 4.08. The van der Waals surface area contributed by atoms with E-state index in [0.29, 0.717) is 13.1 Å². The number of urea groups is 1. The van der Waals surface area contributed by atoms with Gasteiger partial charge in [-0.1, -0.05) is 0 Å². The number of likely N-dealkylation sites (tertiary alicyclic amines) is 1. The van der Waals surface area contributed by atoms with E-state index < -0.39 is 0 Å². The zero-order valence-electron chi connectivity index (χ0n) is 14.5. The fourth-order valence-electron chi connectivity index (χ4n) is 3.11. The molecule has 2 aromatic heterocycles. The Hall–Kier alpha value is -2.67. The molecule has 3 heterocycles. The molecule has 3 aromatic rings.